The van der Waals surface area contributed by atoms with Crippen LogP contribution in [-0.2, 0) is 4.79 Å². The van der Waals surface area contributed by atoms with Gasteiger partial charge in [-0.2, -0.15) is 0 Å². The van der Waals surface area contributed by atoms with Crippen LogP contribution >= 0.6 is 0 Å². The van der Waals surface area contributed by atoms with Crippen molar-refractivity contribution in [2.75, 3.05) is 11.9 Å². The Bertz CT molecular complexity index is 665. The Kier molecular flexibility index (Phi) is 5.14. The molecule has 2 aromatic carbocycles. The Morgan fingerprint density at radius 1 is 1.00 bits per heavy atom. The Morgan fingerprint density at radius 2 is 1.64 bits per heavy atom. The third-order valence-electron chi connectivity index (χ3n) is 2.79. The van der Waals surface area contributed by atoms with E-state index in [2.05, 4.69) is 5.32 Å². The van der Waals surface area contributed by atoms with Crippen LogP contribution in [0, 0.1) is 0 Å². The van der Waals surface area contributed by atoms with Crippen LogP contribution in [0.3, 0.4) is 0 Å². The Morgan fingerprint density at radius 3 is 2.23 bits per heavy atom. The lowest BCUT2D eigenvalue weighted by atomic mass is 10.2. The summed E-state index contributed by atoms with van der Waals surface area (Å²) in [5.74, 6) is 0.246. The van der Waals surface area contributed by atoms with E-state index in [0.29, 0.717) is 29.4 Å². The van der Waals surface area contributed by atoms with Gasteiger partial charge >= 0.3 is 5.97 Å². The topological polar surface area (TPSA) is 64.6 Å². The van der Waals surface area contributed by atoms with Gasteiger partial charge in [-0.3, -0.25) is 4.79 Å². The van der Waals surface area contributed by atoms with Gasteiger partial charge in [0, 0.05) is 12.6 Å². The van der Waals surface area contributed by atoms with E-state index in [9.17, 15) is 9.59 Å². The summed E-state index contributed by atoms with van der Waals surface area (Å²) in [5, 5.41) is 2.64. The molecule has 0 spiro atoms. The van der Waals surface area contributed by atoms with Gasteiger partial charge in [-0.25, -0.2) is 4.79 Å². The highest BCUT2D eigenvalue weighted by Crippen LogP contribution is 2.27. The van der Waals surface area contributed by atoms with Crippen molar-refractivity contribution < 1.29 is 19.1 Å². The van der Waals surface area contributed by atoms with Gasteiger partial charge in [-0.05, 0) is 43.3 Å². The maximum Gasteiger partial charge on any atom is 0.343 e. The number of carbonyl (C=O) groups is 2. The van der Waals surface area contributed by atoms with Crippen molar-refractivity contribution in [3.63, 3.8) is 0 Å². The first kappa shape index (κ1) is 15.6. The van der Waals surface area contributed by atoms with Crippen LogP contribution in [0.15, 0.2) is 48.5 Å². The molecule has 0 heterocycles. The number of anilines is 1. The molecule has 22 heavy (non-hydrogen) atoms. The summed E-state index contributed by atoms with van der Waals surface area (Å²) in [6.07, 6.45) is 0. The lowest BCUT2D eigenvalue weighted by molar-refractivity contribution is -0.114. The molecule has 0 fully saturated rings. The van der Waals surface area contributed by atoms with Gasteiger partial charge in [0.1, 0.15) is 0 Å². The normalized spacial score (nSPS) is 9.91. The molecule has 0 unspecified atom stereocenters. The second-order valence-electron chi connectivity index (χ2n) is 4.53. The summed E-state index contributed by atoms with van der Waals surface area (Å²) in [5.41, 5.74) is 1.01. The first-order valence-electron chi connectivity index (χ1n) is 6.92. The van der Waals surface area contributed by atoms with Gasteiger partial charge < -0.3 is 14.8 Å². The Balaban J connectivity index is 2.10. The third-order valence-corrected chi connectivity index (χ3v) is 2.79. The summed E-state index contributed by atoms with van der Waals surface area (Å²) >= 11 is 0. The number of amides is 1. The number of para-hydroxylation sites is 2. The minimum Gasteiger partial charge on any atom is -0.490 e. The van der Waals surface area contributed by atoms with Crippen molar-refractivity contribution >= 4 is 17.6 Å². The molecule has 0 saturated heterocycles. The average Bonchev–Trinajstić information content (AvgIpc) is 2.49. The number of carbonyl (C=O) groups excluding carboxylic acids is 2. The molecule has 0 aliphatic heterocycles. The molecule has 0 bridgehead atoms. The van der Waals surface area contributed by atoms with E-state index >= 15 is 0 Å². The fourth-order valence-electron chi connectivity index (χ4n) is 1.86. The molecule has 1 amide bonds. The molecule has 0 radical (unpaired) electrons. The van der Waals surface area contributed by atoms with E-state index in [1.165, 1.54) is 6.92 Å². The zero-order valence-electron chi connectivity index (χ0n) is 12.5. The zero-order chi connectivity index (χ0) is 15.9. The van der Waals surface area contributed by atoms with Crippen molar-refractivity contribution in [1.82, 2.24) is 0 Å². The molecular weight excluding hydrogens is 282 g/mol. The van der Waals surface area contributed by atoms with E-state index in [0.717, 1.165) is 0 Å². The minimum atomic E-state index is -0.485. The molecule has 0 saturated carbocycles. The molecule has 2 aromatic rings. The number of hydrogen-bond donors (Lipinski definition) is 1. The van der Waals surface area contributed by atoms with E-state index in [1.807, 2.05) is 13.0 Å². The lowest BCUT2D eigenvalue weighted by Gasteiger charge is -2.10. The number of hydrogen-bond acceptors (Lipinski definition) is 4. The largest absolute Gasteiger partial charge is 0.490 e. The van der Waals surface area contributed by atoms with Crippen LogP contribution in [0.1, 0.15) is 24.2 Å². The molecule has 2 rings (SSSR count). The van der Waals surface area contributed by atoms with Gasteiger partial charge in [0.25, 0.3) is 0 Å². The fourth-order valence-corrected chi connectivity index (χ4v) is 1.86. The fraction of sp³-hybridized carbons (Fsp3) is 0.176. The highest BCUT2D eigenvalue weighted by Gasteiger charge is 2.12. The van der Waals surface area contributed by atoms with E-state index in [4.69, 9.17) is 9.47 Å². The van der Waals surface area contributed by atoms with Crippen molar-refractivity contribution in [1.29, 1.82) is 0 Å². The predicted octanol–water partition coefficient (Wildman–Crippen LogP) is 3.26. The van der Waals surface area contributed by atoms with Gasteiger partial charge in [-0.15, -0.1) is 0 Å². The smallest absolute Gasteiger partial charge is 0.343 e. The van der Waals surface area contributed by atoms with Crippen molar-refractivity contribution in [2.24, 2.45) is 0 Å². The van der Waals surface area contributed by atoms with Gasteiger partial charge in [0.15, 0.2) is 11.5 Å². The maximum absolute atomic E-state index is 12.1. The van der Waals surface area contributed by atoms with Crippen LogP contribution in [0.4, 0.5) is 5.69 Å². The minimum absolute atomic E-state index is 0.166. The first-order valence-corrected chi connectivity index (χ1v) is 6.92. The van der Waals surface area contributed by atoms with Crippen LogP contribution in [-0.4, -0.2) is 18.5 Å². The van der Waals surface area contributed by atoms with Crippen molar-refractivity contribution in [3.8, 4) is 11.5 Å². The standard InChI is InChI=1S/C17H17NO4/c1-3-21-15-6-4-5-7-16(15)22-17(20)13-8-10-14(11-9-13)18-12(2)19/h4-11H,3H2,1-2H3,(H,18,19). The van der Waals surface area contributed by atoms with Crippen LogP contribution in [0.25, 0.3) is 0 Å². The summed E-state index contributed by atoms with van der Waals surface area (Å²) in [6, 6.07) is 13.5. The lowest BCUT2D eigenvalue weighted by Crippen LogP contribution is -2.10. The first-order chi connectivity index (χ1) is 10.6. The second kappa shape index (κ2) is 7.26. The molecule has 114 valence electrons. The number of benzene rings is 2. The van der Waals surface area contributed by atoms with E-state index in [-0.39, 0.29) is 5.91 Å². The molecule has 1 N–H and O–H groups in total. The van der Waals surface area contributed by atoms with Crippen LogP contribution in [0.5, 0.6) is 11.5 Å². The highest BCUT2D eigenvalue weighted by molar-refractivity contribution is 5.93. The summed E-state index contributed by atoms with van der Waals surface area (Å²) < 4.78 is 10.8. The van der Waals surface area contributed by atoms with Crippen molar-refractivity contribution in [3.05, 3.63) is 54.1 Å². The summed E-state index contributed by atoms with van der Waals surface area (Å²) in [7, 11) is 0. The van der Waals surface area contributed by atoms with Gasteiger partial charge in [0.2, 0.25) is 5.91 Å². The highest BCUT2D eigenvalue weighted by atomic mass is 16.6. The van der Waals surface area contributed by atoms with E-state index in [1.54, 1.807) is 42.5 Å². The monoisotopic (exact) mass is 299 g/mol. The van der Waals surface area contributed by atoms with E-state index < -0.39 is 5.97 Å². The molecule has 5 heteroatoms. The Labute approximate surface area is 128 Å². The summed E-state index contributed by atoms with van der Waals surface area (Å²) in [4.78, 5) is 23.1. The maximum atomic E-state index is 12.1. The quantitative estimate of drug-likeness (QED) is 0.680. The zero-order valence-corrected chi connectivity index (χ0v) is 12.5. The molecule has 0 aromatic heterocycles. The molecule has 0 aliphatic carbocycles. The van der Waals surface area contributed by atoms with Crippen LogP contribution < -0.4 is 14.8 Å². The molecule has 0 atom stereocenters. The molecule has 0 aliphatic rings. The SMILES string of the molecule is CCOc1ccccc1OC(=O)c1ccc(NC(C)=O)cc1. The Hall–Kier alpha value is -2.82. The number of esters is 1. The van der Waals surface area contributed by atoms with Crippen molar-refractivity contribution in [2.45, 2.75) is 13.8 Å². The molecular formula is C17H17NO4. The number of ether oxygens (including phenoxy) is 2. The average molecular weight is 299 g/mol. The number of nitrogens with one attached hydrogen (secondary N) is 1. The van der Waals surface area contributed by atoms with Gasteiger partial charge in [-0.1, -0.05) is 12.1 Å². The summed E-state index contributed by atoms with van der Waals surface area (Å²) in [6.45, 7) is 3.77. The van der Waals surface area contributed by atoms with Crippen LogP contribution in [0.2, 0.25) is 0 Å². The third kappa shape index (κ3) is 4.09. The van der Waals surface area contributed by atoms with Gasteiger partial charge in [0.05, 0.1) is 12.2 Å². The number of rotatable bonds is 5. The predicted molar refractivity (Wildman–Crippen MR) is 83.3 cm³/mol. The second-order valence-corrected chi connectivity index (χ2v) is 4.53. The molecule has 5 nitrogen and oxygen atoms in total.